The lowest BCUT2D eigenvalue weighted by atomic mass is 10.2. The van der Waals surface area contributed by atoms with Gasteiger partial charge in [-0.1, -0.05) is 16.7 Å². The molecule has 0 saturated carbocycles. The first-order chi connectivity index (χ1) is 9.38. The van der Waals surface area contributed by atoms with E-state index in [4.69, 9.17) is 21.8 Å². The Hall–Kier alpha value is -1.80. The van der Waals surface area contributed by atoms with E-state index < -0.39 is 11.7 Å². The monoisotopic (exact) mass is 306 g/mol. The summed E-state index contributed by atoms with van der Waals surface area (Å²) in [5.41, 5.74) is 4.56. The van der Waals surface area contributed by atoms with Crippen molar-refractivity contribution in [3.05, 3.63) is 34.7 Å². The van der Waals surface area contributed by atoms with Gasteiger partial charge in [0.15, 0.2) is 0 Å². The van der Waals surface area contributed by atoms with Gasteiger partial charge in [-0.05, 0) is 18.2 Å². The number of hydrogen-bond acceptors (Lipinski definition) is 5. The molecule has 1 aromatic carbocycles. The van der Waals surface area contributed by atoms with Crippen LogP contribution in [0.25, 0.3) is 0 Å². The summed E-state index contributed by atoms with van der Waals surface area (Å²) in [5, 5.41) is 9.84. The summed E-state index contributed by atoms with van der Waals surface area (Å²) in [4.78, 5) is 0. The predicted octanol–water partition coefficient (Wildman–Crippen LogP) is 2.99. The molecule has 0 amide bonds. The van der Waals surface area contributed by atoms with Gasteiger partial charge in [0.2, 0.25) is 5.89 Å². The standard InChI is InChI=1S/C11H10ClF3N4O/c12-7-3-6(11(13,14)15)4-8(5-7)17-10-19-18-9(20-10)1-2-16/h3-5H,1-2,16H2,(H,17,19). The second-order valence-corrected chi connectivity index (χ2v) is 4.33. The van der Waals surface area contributed by atoms with Gasteiger partial charge < -0.3 is 15.5 Å². The number of benzene rings is 1. The number of alkyl halides is 3. The Labute approximate surface area is 116 Å². The normalized spacial score (nSPS) is 11.7. The van der Waals surface area contributed by atoms with E-state index in [1.54, 1.807) is 0 Å². The summed E-state index contributed by atoms with van der Waals surface area (Å²) in [6.07, 6.45) is -4.10. The number of nitrogens with zero attached hydrogens (tertiary/aromatic N) is 2. The molecule has 20 heavy (non-hydrogen) atoms. The number of aromatic nitrogens is 2. The van der Waals surface area contributed by atoms with E-state index in [0.29, 0.717) is 18.9 Å². The van der Waals surface area contributed by atoms with Gasteiger partial charge in [-0.3, -0.25) is 0 Å². The molecule has 1 heterocycles. The number of hydrogen-bond donors (Lipinski definition) is 2. The maximum Gasteiger partial charge on any atom is 0.416 e. The fourth-order valence-electron chi connectivity index (χ4n) is 1.48. The fourth-order valence-corrected chi connectivity index (χ4v) is 1.71. The van der Waals surface area contributed by atoms with Crippen LogP contribution in [0, 0.1) is 0 Å². The Kier molecular flexibility index (Phi) is 4.15. The van der Waals surface area contributed by atoms with Crippen molar-refractivity contribution >= 4 is 23.3 Å². The van der Waals surface area contributed by atoms with E-state index >= 15 is 0 Å². The van der Waals surface area contributed by atoms with Gasteiger partial charge in [-0.2, -0.15) is 13.2 Å². The second-order valence-electron chi connectivity index (χ2n) is 3.89. The molecule has 2 rings (SSSR count). The highest BCUT2D eigenvalue weighted by Crippen LogP contribution is 2.33. The molecule has 3 N–H and O–H groups in total. The molecule has 0 radical (unpaired) electrons. The second kappa shape index (κ2) is 5.68. The van der Waals surface area contributed by atoms with Gasteiger partial charge in [0.25, 0.3) is 0 Å². The minimum atomic E-state index is -4.49. The average Bonchev–Trinajstić information content (AvgIpc) is 2.75. The maximum atomic E-state index is 12.6. The zero-order valence-corrected chi connectivity index (χ0v) is 10.8. The van der Waals surface area contributed by atoms with Crippen molar-refractivity contribution in [2.75, 3.05) is 11.9 Å². The van der Waals surface area contributed by atoms with Crippen LogP contribution in [0.4, 0.5) is 24.9 Å². The van der Waals surface area contributed by atoms with Crippen molar-refractivity contribution in [3.63, 3.8) is 0 Å². The first-order valence-electron chi connectivity index (χ1n) is 5.56. The Bertz CT molecular complexity index is 600. The molecular weight excluding hydrogens is 297 g/mol. The molecule has 108 valence electrons. The topological polar surface area (TPSA) is 77.0 Å². The Morgan fingerprint density at radius 2 is 2.00 bits per heavy atom. The lowest BCUT2D eigenvalue weighted by molar-refractivity contribution is -0.137. The van der Waals surface area contributed by atoms with Crippen LogP contribution < -0.4 is 11.1 Å². The highest BCUT2D eigenvalue weighted by molar-refractivity contribution is 6.31. The molecule has 0 atom stereocenters. The van der Waals surface area contributed by atoms with Crippen LogP contribution in [-0.4, -0.2) is 16.7 Å². The van der Waals surface area contributed by atoms with Crippen LogP contribution in [0.3, 0.4) is 0 Å². The van der Waals surface area contributed by atoms with Crippen molar-refractivity contribution < 1.29 is 17.6 Å². The molecule has 0 bridgehead atoms. The molecule has 0 spiro atoms. The zero-order valence-electron chi connectivity index (χ0n) is 10.0. The summed E-state index contributed by atoms with van der Waals surface area (Å²) >= 11 is 5.65. The summed E-state index contributed by atoms with van der Waals surface area (Å²) in [6, 6.07) is 3.03. The van der Waals surface area contributed by atoms with Crippen LogP contribution in [0.1, 0.15) is 11.5 Å². The summed E-state index contributed by atoms with van der Waals surface area (Å²) < 4.78 is 43.1. The molecule has 0 unspecified atom stereocenters. The lowest BCUT2D eigenvalue weighted by Gasteiger charge is -2.09. The molecule has 9 heteroatoms. The van der Waals surface area contributed by atoms with Crippen molar-refractivity contribution in [3.8, 4) is 0 Å². The third-order valence-electron chi connectivity index (χ3n) is 2.30. The zero-order chi connectivity index (χ0) is 14.8. The van der Waals surface area contributed by atoms with Gasteiger partial charge in [-0.25, -0.2) is 0 Å². The fraction of sp³-hybridized carbons (Fsp3) is 0.273. The molecule has 1 aromatic heterocycles. The Balaban J connectivity index is 2.22. The van der Waals surface area contributed by atoms with Crippen molar-refractivity contribution in [2.24, 2.45) is 5.73 Å². The molecule has 0 saturated heterocycles. The van der Waals surface area contributed by atoms with E-state index in [0.717, 1.165) is 12.1 Å². The molecule has 0 aliphatic carbocycles. The van der Waals surface area contributed by atoms with E-state index in [2.05, 4.69) is 15.5 Å². The van der Waals surface area contributed by atoms with Crippen LogP contribution in [-0.2, 0) is 12.6 Å². The van der Waals surface area contributed by atoms with Crippen LogP contribution in [0.15, 0.2) is 22.6 Å². The number of rotatable bonds is 4. The quantitative estimate of drug-likeness (QED) is 0.908. The summed E-state index contributed by atoms with van der Waals surface area (Å²) in [6.45, 7) is 0.330. The van der Waals surface area contributed by atoms with Crippen molar-refractivity contribution in [1.29, 1.82) is 0 Å². The highest BCUT2D eigenvalue weighted by Gasteiger charge is 2.31. The van der Waals surface area contributed by atoms with Crippen LogP contribution >= 0.6 is 11.6 Å². The highest BCUT2D eigenvalue weighted by atomic mass is 35.5. The number of nitrogens with two attached hydrogens (primary N) is 1. The average molecular weight is 307 g/mol. The van der Waals surface area contributed by atoms with Crippen LogP contribution in [0.5, 0.6) is 0 Å². The largest absolute Gasteiger partial charge is 0.416 e. The first kappa shape index (κ1) is 14.6. The third kappa shape index (κ3) is 3.61. The summed E-state index contributed by atoms with van der Waals surface area (Å²) in [7, 11) is 0. The summed E-state index contributed by atoms with van der Waals surface area (Å²) in [5.74, 6) is 0.299. The molecule has 5 nitrogen and oxygen atoms in total. The molecule has 0 aliphatic heterocycles. The Morgan fingerprint density at radius 1 is 1.25 bits per heavy atom. The van der Waals surface area contributed by atoms with Crippen LogP contribution in [0.2, 0.25) is 5.02 Å². The van der Waals surface area contributed by atoms with Gasteiger partial charge in [0.1, 0.15) is 0 Å². The van der Waals surface area contributed by atoms with E-state index in [-0.39, 0.29) is 16.7 Å². The smallest absolute Gasteiger partial charge is 0.408 e. The minimum Gasteiger partial charge on any atom is -0.408 e. The number of halogens is 4. The Morgan fingerprint density at radius 3 is 2.65 bits per heavy atom. The molecular formula is C11H10ClF3N4O. The van der Waals surface area contributed by atoms with Gasteiger partial charge in [0.05, 0.1) is 5.56 Å². The molecule has 0 fully saturated rings. The van der Waals surface area contributed by atoms with Crippen molar-refractivity contribution in [1.82, 2.24) is 10.2 Å². The number of anilines is 2. The molecule has 2 aromatic rings. The van der Waals surface area contributed by atoms with E-state index in [1.807, 2.05) is 0 Å². The SMILES string of the molecule is NCCc1nnc(Nc2cc(Cl)cc(C(F)(F)F)c2)o1. The minimum absolute atomic E-state index is 0.0242. The lowest BCUT2D eigenvalue weighted by Crippen LogP contribution is -2.05. The predicted molar refractivity (Wildman–Crippen MR) is 66.8 cm³/mol. The van der Waals surface area contributed by atoms with Gasteiger partial charge in [-0.15, -0.1) is 5.10 Å². The van der Waals surface area contributed by atoms with E-state index in [9.17, 15) is 13.2 Å². The third-order valence-corrected chi connectivity index (χ3v) is 2.52. The van der Waals surface area contributed by atoms with Gasteiger partial charge >= 0.3 is 12.2 Å². The number of nitrogens with one attached hydrogen (secondary N) is 1. The van der Waals surface area contributed by atoms with E-state index in [1.165, 1.54) is 6.07 Å². The maximum absolute atomic E-state index is 12.6. The first-order valence-corrected chi connectivity index (χ1v) is 5.93. The van der Waals surface area contributed by atoms with Crippen molar-refractivity contribution in [2.45, 2.75) is 12.6 Å². The van der Waals surface area contributed by atoms with Gasteiger partial charge in [0, 0.05) is 23.7 Å². The molecule has 0 aliphatic rings.